The molecule has 1 heterocycles. The average Bonchev–Trinajstić information content (AvgIpc) is 3.46. The van der Waals surface area contributed by atoms with Crippen LogP contribution in [0.4, 0.5) is 0 Å². The van der Waals surface area contributed by atoms with Crippen LogP contribution < -0.4 is 5.32 Å². The third-order valence-corrected chi connectivity index (χ3v) is 16.2. The second-order valence-corrected chi connectivity index (χ2v) is 23.5. The number of amides is 1. The highest BCUT2D eigenvalue weighted by molar-refractivity contribution is 5.80. The normalized spacial score (nSPS) is 19.6. The molecule has 1 aliphatic rings. The van der Waals surface area contributed by atoms with Crippen LogP contribution in [0.15, 0.2) is 36.5 Å². The van der Waals surface area contributed by atoms with Crippen molar-refractivity contribution in [2.75, 3.05) is 13.2 Å². The first-order valence-electron chi connectivity index (χ1n) is 33.4. The molecule has 0 radical (unpaired) electrons. The maximum atomic E-state index is 13.2. The number of aliphatic hydroxyl groups excluding tert-OH is 7. The van der Waals surface area contributed by atoms with Crippen LogP contribution in [0.2, 0.25) is 0 Å². The lowest BCUT2D eigenvalue weighted by Gasteiger charge is -2.40. The number of hydrogen-bond donors (Lipinski definition) is 8. The third-order valence-electron chi connectivity index (χ3n) is 16.2. The quantitative estimate of drug-likeness (QED) is 0.0215. The van der Waals surface area contributed by atoms with Crippen LogP contribution in [-0.2, 0) is 14.3 Å². The molecular weight excluding hydrogens is 979 g/mol. The summed E-state index contributed by atoms with van der Waals surface area (Å²) in [4.78, 5) is 13.2. The van der Waals surface area contributed by atoms with E-state index in [0.717, 1.165) is 51.4 Å². The van der Waals surface area contributed by atoms with Crippen molar-refractivity contribution in [3.05, 3.63) is 36.5 Å². The van der Waals surface area contributed by atoms with Gasteiger partial charge < -0.3 is 50.5 Å². The molecule has 1 amide bonds. The number of aliphatic hydroxyl groups is 7. The lowest BCUT2D eigenvalue weighted by atomic mass is 9.98. The van der Waals surface area contributed by atoms with Gasteiger partial charge in [0.2, 0.25) is 5.91 Å². The summed E-state index contributed by atoms with van der Waals surface area (Å²) in [6.45, 7) is 3.48. The smallest absolute Gasteiger partial charge is 0.249 e. The molecule has 9 unspecified atom stereocenters. The minimum absolute atomic E-state index is 0.248. The maximum Gasteiger partial charge on any atom is 0.249 e. The Morgan fingerprint density at radius 2 is 0.795 bits per heavy atom. The topological polar surface area (TPSA) is 189 Å². The van der Waals surface area contributed by atoms with Crippen molar-refractivity contribution in [1.29, 1.82) is 0 Å². The van der Waals surface area contributed by atoms with Crippen molar-refractivity contribution >= 4 is 5.91 Å². The van der Waals surface area contributed by atoms with Gasteiger partial charge in [0.1, 0.15) is 36.6 Å². The zero-order valence-electron chi connectivity index (χ0n) is 50.7. The van der Waals surface area contributed by atoms with E-state index in [2.05, 4.69) is 55.6 Å². The largest absolute Gasteiger partial charge is 0.394 e. The van der Waals surface area contributed by atoms with E-state index in [4.69, 9.17) is 9.47 Å². The summed E-state index contributed by atoms with van der Waals surface area (Å²) in [6.07, 6.45) is 59.3. The van der Waals surface area contributed by atoms with Gasteiger partial charge in [-0.3, -0.25) is 4.79 Å². The highest BCUT2D eigenvalue weighted by atomic mass is 16.7. The van der Waals surface area contributed by atoms with Gasteiger partial charge in [-0.05, 0) is 70.6 Å². The number of carbonyl (C=O) groups excluding carboxylic acids is 1. The van der Waals surface area contributed by atoms with E-state index in [1.54, 1.807) is 0 Å². The minimum Gasteiger partial charge on any atom is -0.394 e. The van der Waals surface area contributed by atoms with Crippen molar-refractivity contribution in [2.24, 2.45) is 0 Å². The van der Waals surface area contributed by atoms with Gasteiger partial charge in [0, 0.05) is 0 Å². The SMILES string of the molecule is CCCCCCCCCCC/C=C\C/C=C\CCCCCCCCCCC(O)C(=O)NC(COC1OC(CO)C(O)C(O)C1O)C(O)C(O)CCC/C=C/CCCCCCCCCCCCCCCCCCCCCCCC. The molecule has 9 atom stereocenters. The second kappa shape index (κ2) is 55.8. The highest BCUT2D eigenvalue weighted by Gasteiger charge is 2.44. The number of ether oxygens (including phenoxy) is 2. The van der Waals surface area contributed by atoms with E-state index >= 15 is 0 Å². The molecule has 0 saturated carbocycles. The fourth-order valence-corrected chi connectivity index (χ4v) is 10.8. The van der Waals surface area contributed by atoms with E-state index in [0.29, 0.717) is 12.8 Å². The van der Waals surface area contributed by atoms with E-state index < -0.39 is 74.2 Å². The average molecular weight is 1110 g/mol. The molecule has 0 aromatic carbocycles. The lowest BCUT2D eigenvalue weighted by molar-refractivity contribution is -0.303. The molecule has 11 nitrogen and oxygen atoms in total. The molecule has 1 fully saturated rings. The molecule has 0 spiro atoms. The van der Waals surface area contributed by atoms with Crippen molar-refractivity contribution in [3.63, 3.8) is 0 Å². The summed E-state index contributed by atoms with van der Waals surface area (Å²) < 4.78 is 11.2. The molecule has 0 aromatic rings. The predicted octanol–water partition coefficient (Wildman–Crippen LogP) is 15.4. The summed E-state index contributed by atoms with van der Waals surface area (Å²) in [5.41, 5.74) is 0. The molecular formula is C67H127NO10. The van der Waals surface area contributed by atoms with Crippen molar-refractivity contribution in [2.45, 2.75) is 371 Å². The summed E-state index contributed by atoms with van der Waals surface area (Å²) in [5.74, 6) is -0.707. The van der Waals surface area contributed by atoms with E-state index in [9.17, 15) is 40.5 Å². The zero-order valence-corrected chi connectivity index (χ0v) is 50.7. The zero-order chi connectivity index (χ0) is 56.8. The third kappa shape index (κ3) is 43.1. The van der Waals surface area contributed by atoms with Crippen molar-refractivity contribution in [3.8, 4) is 0 Å². The predicted molar refractivity (Wildman–Crippen MR) is 325 cm³/mol. The minimum atomic E-state index is -1.67. The summed E-state index contributed by atoms with van der Waals surface area (Å²) >= 11 is 0. The maximum absolute atomic E-state index is 13.2. The van der Waals surface area contributed by atoms with Gasteiger partial charge in [-0.2, -0.15) is 0 Å². The first-order valence-corrected chi connectivity index (χ1v) is 33.4. The molecule has 0 aromatic heterocycles. The highest BCUT2D eigenvalue weighted by Crippen LogP contribution is 2.24. The van der Waals surface area contributed by atoms with Crippen molar-refractivity contribution in [1.82, 2.24) is 5.32 Å². The van der Waals surface area contributed by atoms with Crippen LogP contribution >= 0.6 is 0 Å². The molecule has 8 N–H and O–H groups in total. The fourth-order valence-electron chi connectivity index (χ4n) is 10.8. The fraction of sp³-hybridized carbons (Fsp3) is 0.896. The Morgan fingerprint density at radius 3 is 1.18 bits per heavy atom. The van der Waals surface area contributed by atoms with Crippen LogP contribution in [0.25, 0.3) is 0 Å². The van der Waals surface area contributed by atoms with Crippen LogP contribution in [0, 0.1) is 0 Å². The van der Waals surface area contributed by atoms with Gasteiger partial charge in [0.25, 0.3) is 0 Å². The van der Waals surface area contributed by atoms with Gasteiger partial charge in [0.05, 0.1) is 25.4 Å². The van der Waals surface area contributed by atoms with E-state index in [1.807, 2.05) is 0 Å². The van der Waals surface area contributed by atoms with Crippen LogP contribution in [-0.4, -0.2) is 110 Å². The second-order valence-electron chi connectivity index (χ2n) is 23.5. The van der Waals surface area contributed by atoms with Gasteiger partial charge in [-0.15, -0.1) is 0 Å². The van der Waals surface area contributed by atoms with E-state index in [1.165, 1.54) is 225 Å². The van der Waals surface area contributed by atoms with Crippen LogP contribution in [0.5, 0.6) is 0 Å². The Kier molecular flexibility index (Phi) is 53.2. The van der Waals surface area contributed by atoms with Gasteiger partial charge in [-0.1, -0.05) is 281 Å². The molecule has 1 saturated heterocycles. The number of allylic oxidation sites excluding steroid dienone is 6. The first kappa shape index (κ1) is 74.3. The lowest BCUT2D eigenvalue weighted by Crippen LogP contribution is -2.60. The molecule has 1 aliphatic heterocycles. The van der Waals surface area contributed by atoms with Crippen molar-refractivity contribution < 1.29 is 50.0 Å². The Labute approximate surface area is 479 Å². The standard InChI is InChI=1S/C67H127NO10/c1-3-5-7-9-11-13-15-17-19-21-23-25-27-29-30-31-33-34-36-38-40-42-44-46-48-50-52-54-59(70)62(72)58(57-77-67-65(75)64(74)63(73)61(56-69)78-67)68-66(76)60(71)55-53-51-49-47-45-43-41-39-37-35-32-28-26-24-22-20-18-16-14-12-10-8-6-4-2/h24,26,32,35,46,48,58-65,67,69-75H,3-23,25,27-31,33-34,36-45,47,49-57H2,1-2H3,(H,68,76)/b26-24-,35-32-,48-46+. The number of nitrogens with one attached hydrogen (secondary N) is 1. The Balaban J connectivity index is 2.26. The van der Waals surface area contributed by atoms with E-state index in [-0.39, 0.29) is 12.8 Å². The molecule has 11 heteroatoms. The molecule has 78 heavy (non-hydrogen) atoms. The van der Waals surface area contributed by atoms with Gasteiger partial charge in [0.15, 0.2) is 6.29 Å². The molecule has 1 rings (SSSR count). The summed E-state index contributed by atoms with van der Waals surface area (Å²) in [5, 5.41) is 76.4. The summed E-state index contributed by atoms with van der Waals surface area (Å²) in [6, 6.07) is -1.19. The van der Waals surface area contributed by atoms with Crippen LogP contribution in [0.1, 0.15) is 316 Å². The Bertz CT molecular complexity index is 1360. The number of unbranched alkanes of at least 4 members (excludes halogenated alkanes) is 40. The van der Waals surface area contributed by atoms with Gasteiger partial charge >= 0.3 is 0 Å². The number of hydrogen-bond acceptors (Lipinski definition) is 10. The summed E-state index contributed by atoms with van der Waals surface area (Å²) in [7, 11) is 0. The molecule has 0 bridgehead atoms. The van der Waals surface area contributed by atoms with Crippen LogP contribution in [0.3, 0.4) is 0 Å². The first-order chi connectivity index (χ1) is 38.2. The Morgan fingerprint density at radius 1 is 0.449 bits per heavy atom. The number of rotatable bonds is 58. The Hall–Kier alpha value is -1.67. The molecule has 460 valence electrons. The molecule has 0 aliphatic carbocycles. The number of carbonyl (C=O) groups is 1. The monoisotopic (exact) mass is 1110 g/mol. The van der Waals surface area contributed by atoms with Gasteiger partial charge in [-0.25, -0.2) is 0 Å².